The third-order valence-electron chi connectivity index (χ3n) is 8.27. The SMILES string of the molecule is COc1ccc(-c2cnc3c(Nc4ccc(C(=O)N5CCC(C(=O)NC6(C(=O)O)CC6)CC5)c(C)c4)nccn23)cc1F. The van der Waals surface area contributed by atoms with Crippen molar-refractivity contribution in [2.45, 2.75) is 38.1 Å². The van der Waals surface area contributed by atoms with Crippen LogP contribution < -0.4 is 15.4 Å². The normalized spacial score (nSPS) is 16.1. The second kappa shape index (κ2) is 11.0. The van der Waals surface area contributed by atoms with Crippen LogP contribution in [0.4, 0.5) is 15.9 Å². The van der Waals surface area contributed by atoms with Crippen LogP contribution in [0.2, 0.25) is 0 Å². The van der Waals surface area contributed by atoms with Crippen molar-refractivity contribution in [3.05, 3.63) is 71.9 Å². The van der Waals surface area contributed by atoms with Crippen molar-refractivity contribution in [1.82, 2.24) is 24.6 Å². The molecular formula is C31H31FN6O5. The minimum absolute atomic E-state index is 0.114. The number of piperidine rings is 1. The summed E-state index contributed by atoms with van der Waals surface area (Å²) in [6, 6.07) is 10.2. The molecule has 0 spiro atoms. The predicted molar refractivity (Wildman–Crippen MR) is 156 cm³/mol. The number of carbonyl (C=O) groups is 3. The average Bonchev–Trinajstić information content (AvgIpc) is 3.66. The van der Waals surface area contributed by atoms with E-state index >= 15 is 0 Å². The standard InChI is InChI=1S/C31H31FN6O5/c1-18-15-21(35-26-27-34-17-24(38(27)14-11-33-26)20-3-6-25(43-2)23(32)16-20)4-5-22(18)29(40)37-12-7-19(8-13-37)28(39)36-31(9-10-31)30(41)42/h3-6,11,14-17,19H,7-10,12-13H2,1-2H3,(H,33,35)(H,36,39)(H,41,42). The zero-order chi connectivity index (χ0) is 30.3. The van der Waals surface area contributed by atoms with Gasteiger partial charge in [-0.1, -0.05) is 0 Å². The predicted octanol–water partition coefficient (Wildman–Crippen LogP) is 4.18. The van der Waals surface area contributed by atoms with E-state index in [-0.39, 0.29) is 23.5 Å². The number of carboxylic acids is 1. The van der Waals surface area contributed by atoms with Crippen molar-refractivity contribution >= 4 is 34.9 Å². The number of aromatic nitrogens is 3. The van der Waals surface area contributed by atoms with Crippen LogP contribution in [0.5, 0.6) is 5.75 Å². The molecule has 1 saturated carbocycles. The topological polar surface area (TPSA) is 138 Å². The maximum absolute atomic E-state index is 14.3. The number of hydrogen-bond donors (Lipinski definition) is 3. The molecule has 2 aliphatic rings. The van der Waals surface area contributed by atoms with Crippen molar-refractivity contribution < 1.29 is 28.6 Å². The molecule has 1 aliphatic heterocycles. The van der Waals surface area contributed by atoms with Gasteiger partial charge in [0.2, 0.25) is 5.91 Å². The average molecular weight is 587 g/mol. The summed E-state index contributed by atoms with van der Waals surface area (Å²) in [4.78, 5) is 48.1. The number of nitrogens with zero attached hydrogens (tertiary/aromatic N) is 4. The minimum Gasteiger partial charge on any atom is -0.494 e. The number of aliphatic carboxylic acids is 1. The number of methoxy groups -OCH3 is 1. The zero-order valence-electron chi connectivity index (χ0n) is 23.8. The highest BCUT2D eigenvalue weighted by Crippen LogP contribution is 2.36. The summed E-state index contributed by atoms with van der Waals surface area (Å²) >= 11 is 0. The number of ether oxygens (including phenoxy) is 1. The van der Waals surface area contributed by atoms with Crippen molar-refractivity contribution in [1.29, 1.82) is 0 Å². The first-order chi connectivity index (χ1) is 20.7. The van der Waals surface area contributed by atoms with Gasteiger partial charge in [0.15, 0.2) is 23.0 Å². The number of rotatable bonds is 8. The van der Waals surface area contributed by atoms with Crippen LogP contribution in [0.3, 0.4) is 0 Å². The van der Waals surface area contributed by atoms with E-state index in [9.17, 15) is 23.9 Å². The Kier molecular flexibility index (Phi) is 7.20. The first-order valence-electron chi connectivity index (χ1n) is 14.1. The maximum Gasteiger partial charge on any atom is 0.329 e. The Balaban J connectivity index is 1.12. The molecule has 12 heteroatoms. The number of benzene rings is 2. The number of imidazole rings is 1. The van der Waals surface area contributed by atoms with E-state index in [1.54, 1.807) is 47.8 Å². The smallest absolute Gasteiger partial charge is 0.329 e. The van der Waals surface area contributed by atoms with Crippen molar-refractivity contribution in [3.63, 3.8) is 0 Å². The quantitative estimate of drug-likeness (QED) is 0.280. The van der Waals surface area contributed by atoms with E-state index in [2.05, 4.69) is 20.6 Å². The molecule has 43 heavy (non-hydrogen) atoms. The highest BCUT2D eigenvalue weighted by molar-refractivity contribution is 5.96. The largest absolute Gasteiger partial charge is 0.494 e. The van der Waals surface area contributed by atoms with Gasteiger partial charge in [0.05, 0.1) is 19.0 Å². The van der Waals surface area contributed by atoms with E-state index in [1.807, 2.05) is 17.4 Å². The van der Waals surface area contributed by atoms with Crippen LogP contribution in [-0.2, 0) is 9.59 Å². The number of carbonyl (C=O) groups excluding carboxylic acids is 2. The third-order valence-corrected chi connectivity index (χ3v) is 8.27. The van der Waals surface area contributed by atoms with Crippen LogP contribution in [0, 0.1) is 18.7 Å². The molecule has 3 heterocycles. The van der Waals surface area contributed by atoms with E-state index in [4.69, 9.17) is 4.74 Å². The van der Waals surface area contributed by atoms with Crippen molar-refractivity contribution in [2.75, 3.05) is 25.5 Å². The van der Waals surface area contributed by atoms with Crippen molar-refractivity contribution in [2.24, 2.45) is 5.92 Å². The number of halogens is 1. The lowest BCUT2D eigenvalue weighted by atomic mass is 9.94. The van der Waals surface area contributed by atoms with E-state index in [1.165, 1.54) is 13.2 Å². The molecular weight excluding hydrogens is 555 g/mol. The molecule has 0 bridgehead atoms. The lowest BCUT2D eigenvalue weighted by molar-refractivity contribution is -0.144. The summed E-state index contributed by atoms with van der Waals surface area (Å²) in [5, 5.41) is 15.3. The maximum atomic E-state index is 14.3. The number of aryl methyl sites for hydroxylation is 1. The summed E-state index contributed by atoms with van der Waals surface area (Å²) in [5.41, 5.74) is 2.83. The molecule has 0 atom stereocenters. The van der Waals surface area contributed by atoms with Gasteiger partial charge in [0.1, 0.15) is 5.54 Å². The lowest BCUT2D eigenvalue weighted by Crippen LogP contribution is -2.48. The van der Waals surface area contributed by atoms with Gasteiger partial charge in [-0.25, -0.2) is 19.2 Å². The van der Waals surface area contributed by atoms with Crippen LogP contribution in [0.1, 0.15) is 41.6 Å². The summed E-state index contributed by atoms with van der Waals surface area (Å²) in [6.45, 7) is 2.70. The Morgan fingerprint density at radius 1 is 1.09 bits per heavy atom. The molecule has 6 rings (SSSR count). The van der Waals surface area contributed by atoms with Crippen LogP contribution >= 0.6 is 0 Å². The summed E-state index contributed by atoms with van der Waals surface area (Å²) < 4.78 is 21.2. The van der Waals surface area contributed by atoms with Gasteiger partial charge >= 0.3 is 5.97 Å². The number of carboxylic acid groups (broad SMARTS) is 1. The fraction of sp³-hybridized carbons (Fsp3) is 0.323. The van der Waals surface area contributed by atoms with Gasteiger partial charge in [-0.3, -0.25) is 14.0 Å². The van der Waals surface area contributed by atoms with Gasteiger partial charge in [0.25, 0.3) is 5.91 Å². The van der Waals surface area contributed by atoms with Crippen molar-refractivity contribution in [3.8, 4) is 17.0 Å². The number of likely N-dealkylation sites (tertiary alicyclic amines) is 1. The van der Waals surface area contributed by atoms with Gasteiger partial charge < -0.3 is 25.4 Å². The Bertz CT molecular complexity index is 1740. The zero-order valence-corrected chi connectivity index (χ0v) is 23.8. The monoisotopic (exact) mass is 586 g/mol. The van der Waals surface area contributed by atoms with E-state index in [0.29, 0.717) is 67.1 Å². The van der Waals surface area contributed by atoms with Gasteiger partial charge in [0, 0.05) is 48.2 Å². The summed E-state index contributed by atoms with van der Waals surface area (Å²) in [6.07, 6.45) is 6.90. The second-order valence-corrected chi connectivity index (χ2v) is 11.1. The molecule has 0 radical (unpaired) electrons. The molecule has 4 aromatic rings. The fourth-order valence-corrected chi connectivity index (χ4v) is 5.54. The Labute approximate surface area is 246 Å². The summed E-state index contributed by atoms with van der Waals surface area (Å²) in [7, 11) is 1.42. The number of fused-ring (bicyclic) bond motifs is 1. The summed E-state index contributed by atoms with van der Waals surface area (Å²) in [5.74, 6) is -1.47. The highest BCUT2D eigenvalue weighted by Gasteiger charge is 2.52. The van der Waals surface area contributed by atoms with Gasteiger partial charge in [-0.05, 0) is 74.6 Å². The molecule has 3 N–H and O–H groups in total. The second-order valence-electron chi connectivity index (χ2n) is 11.1. The van der Waals surface area contributed by atoms with Crippen LogP contribution in [-0.4, -0.2) is 67.9 Å². The minimum atomic E-state index is -1.10. The molecule has 1 saturated heterocycles. The molecule has 2 aromatic heterocycles. The number of anilines is 2. The molecule has 11 nitrogen and oxygen atoms in total. The van der Waals surface area contributed by atoms with Crippen LogP contribution in [0.15, 0.2) is 55.0 Å². The molecule has 2 amide bonds. The Morgan fingerprint density at radius 3 is 2.51 bits per heavy atom. The Morgan fingerprint density at radius 2 is 1.86 bits per heavy atom. The molecule has 2 fully saturated rings. The molecule has 2 aromatic carbocycles. The van der Waals surface area contributed by atoms with Gasteiger partial charge in [-0.15, -0.1) is 0 Å². The molecule has 1 aliphatic carbocycles. The van der Waals surface area contributed by atoms with Gasteiger partial charge in [-0.2, -0.15) is 0 Å². The lowest BCUT2D eigenvalue weighted by Gasteiger charge is -2.32. The highest BCUT2D eigenvalue weighted by atomic mass is 19.1. The van der Waals surface area contributed by atoms with Crippen LogP contribution in [0.25, 0.3) is 16.9 Å². The molecule has 222 valence electrons. The third kappa shape index (κ3) is 5.36. The number of hydrogen-bond acceptors (Lipinski definition) is 7. The first kappa shape index (κ1) is 28.1. The first-order valence-corrected chi connectivity index (χ1v) is 14.1. The number of nitrogens with one attached hydrogen (secondary N) is 2. The van der Waals surface area contributed by atoms with E-state index < -0.39 is 17.3 Å². The molecule has 0 unspecified atom stereocenters. The number of amides is 2. The fourth-order valence-electron chi connectivity index (χ4n) is 5.54. The Hall–Kier alpha value is -5.00. The van der Waals surface area contributed by atoms with E-state index in [0.717, 1.165) is 11.3 Å².